The van der Waals surface area contributed by atoms with Crippen LogP contribution in [0.5, 0.6) is 0 Å². The fraction of sp³-hybridized carbons (Fsp3) is 1.00. The van der Waals surface area contributed by atoms with Crippen LogP contribution in [0.25, 0.3) is 0 Å². The number of rotatable bonds is 20. The van der Waals surface area contributed by atoms with E-state index in [-0.39, 0.29) is 0 Å². The first-order valence-corrected chi connectivity index (χ1v) is 12.9. The predicted molar refractivity (Wildman–Crippen MR) is 127 cm³/mol. The van der Waals surface area contributed by atoms with Gasteiger partial charge in [-0.2, -0.15) is 0 Å². The first kappa shape index (κ1) is 30.1. The Morgan fingerprint density at radius 3 is 1.04 bits per heavy atom. The lowest BCUT2D eigenvalue weighted by atomic mass is 9.96. The highest BCUT2D eigenvalue weighted by Crippen LogP contribution is 2.17. The smallest absolute Gasteiger partial charge is 0.0459 e. The number of unbranched alkanes of at least 4 members (excludes halogenated alkanes) is 10. The molecule has 172 valence electrons. The van der Waals surface area contributed by atoms with E-state index in [4.69, 9.17) is 5.11 Å². The molecule has 0 saturated heterocycles. The Balaban J connectivity index is 0. The molecule has 2 heteroatoms. The molecule has 2 nitrogen and oxygen atoms in total. The topological polar surface area (TPSA) is 40.5 Å². The van der Waals surface area contributed by atoms with Gasteiger partial charge in [-0.05, 0) is 37.5 Å². The quantitative estimate of drug-likeness (QED) is 0.202. The molecule has 0 aliphatic carbocycles. The third kappa shape index (κ3) is 24.0. The average molecular weight is 401 g/mol. The Bertz CT molecular complexity index is 255. The molecule has 0 bridgehead atoms. The SMILES string of the molecule is CCCCCCC(CO)CCCC.CCCCCCCCC(CO)CCCC. The van der Waals surface area contributed by atoms with Gasteiger partial charge in [0.05, 0.1) is 0 Å². The largest absolute Gasteiger partial charge is 0.396 e. The van der Waals surface area contributed by atoms with Crippen LogP contribution in [0.3, 0.4) is 0 Å². The molecule has 2 unspecified atom stereocenters. The van der Waals surface area contributed by atoms with Crippen LogP contribution >= 0.6 is 0 Å². The zero-order chi connectivity index (χ0) is 21.3. The van der Waals surface area contributed by atoms with Gasteiger partial charge in [-0.1, -0.05) is 118 Å². The van der Waals surface area contributed by atoms with Gasteiger partial charge >= 0.3 is 0 Å². The van der Waals surface area contributed by atoms with E-state index in [0.717, 1.165) is 0 Å². The van der Waals surface area contributed by atoms with Crippen molar-refractivity contribution < 1.29 is 10.2 Å². The van der Waals surface area contributed by atoms with Gasteiger partial charge in [0.15, 0.2) is 0 Å². The van der Waals surface area contributed by atoms with Crippen molar-refractivity contribution in [2.45, 2.75) is 143 Å². The van der Waals surface area contributed by atoms with E-state index in [2.05, 4.69) is 27.7 Å². The molecule has 0 rings (SSSR count). The Kier molecular flexibility index (Phi) is 29.0. The molecule has 0 spiro atoms. The standard InChI is InChI=1S/C14H30O.C12H26O/c1-3-5-7-8-9-10-12-14(13-15)11-6-4-2;1-3-5-7-8-10-12(11-13)9-6-4-2/h14-15H,3-13H2,1-2H3;12-13H,3-11H2,1-2H3. The summed E-state index contributed by atoms with van der Waals surface area (Å²) in [6, 6.07) is 0. The lowest BCUT2D eigenvalue weighted by Crippen LogP contribution is -2.05. The number of hydrogen-bond acceptors (Lipinski definition) is 2. The van der Waals surface area contributed by atoms with Crippen molar-refractivity contribution >= 4 is 0 Å². The molecule has 0 aliphatic heterocycles. The zero-order valence-corrected chi connectivity index (χ0v) is 20.2. The maximum Gasteiger partial charge on any atom is 0.0459 e. The van der Waals surface area contributed by atoms with E-state index in [9.17, 15) is 5.11 Å². The third-order valence-electron chi connectivity index (χ3n) is 5.88. The van der Waals surface area contributed by atoms with Crippen molar-refractivity contribution in [3.63, 3.8) is 0 Å². The predicted octanol–water partition coefficient (Wildman–Crippen LogP) is 8.29. The van der Waals surface area contributed by atoms with Crippen LogP contribution in [-0.4, -0.2) is 23.4 Å². The van der Waals surface area contributed by atoms with Crippen LogP contribution < -0.4 is 0 Å². The van der Waals surface area contributed by atoms with E-state index in [0.29, 0.717) is 25.0 Å². The Labute approximate surface area is 178 Å². The summed E-state index contributed by atoms with van der Waals surface area (Å²) in [5, 5.41) is 18.3. The van der Waals surface area contributed by atoms with Crippen LogP contribution in [-0.2, 0) is 0 Å². The Morgan fingerprint density at radius 1 is 0.393 bits per heavy atom. The lowest BCUT2D eigenvalue weighted by molar-refractivity contribution is 0.205. The van der Waals surface area contributed by atoms with E-state index >= 15 is 0 Å². The van der Waals surface area contributed by atoms with Crippen molar-refractivity contribution in [2.24, 2.45) is 11.8 Å². The van der Waals surface area contributed by atoms with Crippen LogP contribution in [0.4, 0.5) is 0 Å². The normalized spacial score (nSPS) is 13.1. The van der Waals surface area contributed by atoms with Crippen LogP contribution in [0, 0.1) is 11.8 Å². The minimum Gasteiger partial charge on any atom is -0.396 e. The molecule has 0 saturated carbocycles. The summed E-state index contributed by atoms with van der Waals surface area (Å²) in [5.41, 5.74) is 0. The molecule has 0 fully saturated rings. The highest BCUT2D eigenvalue weighted by atomic mass is 16.3. The van der Waals surface area contributed by atoms with Gasteiger partial charge in [-0.3, -0.25) is 0 Å². The van der Waals surface area contributed by atoms with E-state index in [1.54, 1.807) is 0 Å². The van der Waals surface area contributed by atoms with Crippen molar-refractivity contribution in [3.8, 4) is 0 Å². The molecule has 0 amide bonds. The molecule has 0 aromatic carbocycles. The van der Waals surface area contributed by atoms with Gasteiger partial charge in [0.2, 0.25) is 0 Å². The molecule has 0 aromatic rings. The number of aliphatic hydroxyl groups is 2. The van der Waals surface area contributed by atoms with Gasteiger partial charge in [0.1, 0.15) is 0 Å². The Hall–Kier alpha value is -0.0800. The first-order chi connectivity index (χ1) is 13.7. The van der Waals surface area contributed by atoms with Gasteiger partial charge in [-0.25, -0.2) is 0 Å². The molecule has 2 N–H and O–H groups in total. The fourth-order valence-electron chi connectivity index (χ4n) is 3.71. The zero-order valence-electron chi connectivity index (χ0n) is 20.2. The number of hydrogen-bond donors (Lipinski definition) is 2. The highest BCUT2D eigenvalue weighted by Gasteiger charge is 2.06. The van der Waals surface area contributed by atoms with Crippen LogP contribution in [0.2, 0.25) is 0 Å². The van der Waals surface area contributed by atoms with Gasteiger partial charge < -0.3 is 10.2 Å². The molecule has 0 heterocycles. The Morgan fingerprint density at radius 2 is 0.679 bits per heavy atom. The summed E-state index contributed by atoms with van der Waals surface area (Å²) in [6.45, 7) is 9.72. The maximum absolute atomic E-state index is 9.19. The molecule has 2 atom stereocenters. The molecule has 0 aromatic heterocycles. The molecular formula is C26H56O2. The van der Waals surface area contributed by atoms with Crippen molar-refractivity contribution in [3.05, 3.63) is 0 Å². The minimum absolute atomic E-state index is 0.395. The summed E-state index contributed by atoms with van der Waals surface area (Å²) in [5.74, 6) is 1.16. The second-order valence-corrected chi connectivity index (χ2v) is 8.79. The lowest BCUT2D eigenvalue weighted by Gasteiger charge is -2.12. The summed E-state index contributed by atoms with van der Waals surface area (Å²) < 4.78 is 0. The second-order valence-electron chi connectivity index (χ2n) is 8.79. The van der Waals surface area contributed by atoms with Gasteiger partial charge in [-0.15, -0.1) is 0 Å². The van der Waals surface area contributed by atoms with Crippen molar-refractivity contribution in [1.29, 1.82) is 0 Å². The number of aliphatic hydroxyl groups excluding tert-OH is 2. The van der Waals surface area contributed by atoms with E-state index in [1.165, 1.54) is 116 Å². The molecule has 0 aliphatic rings. The minimum atomic E-state index is 0.395. The summed E-state index contributed by atoms with van der Waals surface area (Å²) in [4.78, 5) is 0. The van der Waals surface area contributed by atoms with E-state index < -0.39 is 0 Å². The monoisotopic (exact) mass is 400 g/mol. The van der Waals surface area contributed by atoms with Gasteiger partial charge in [0.25, 0.3) is 0 Å². The second kappa shape index (κ2) is 26.9. The maximum atomic E-state index is 9.19. The molecule has 0 radical (unpaired) electrons. The van der Waals surface area contributed by atoms with Crippen LogP contribution in [0.15, 0.2) is 0 Å². The average Bonchev–Trinajstić information content (AvgIpc) is 2.72. The summed E-state index contributed by atoms with van der Waals surface area (Å²) >= 11 is 0. The first-order valence-electron chi connectivity index (χ1n) is 12.9. The van der Waals surface area contributed by atoms with E-state index in [1.807, 2.05) is 0 Å². The molecule has 28 heavy (non-hydrogen) atoms. The summed E-state index contributed by atoms with van der Waals surface area (Å²) in [6.07, 6.45) is 23.5. The summed E-state index contributed by atoms with van der Waals surface area (Å²) in [7, 11) is 0. The van der Waals surface area contributed by atoms with Crippen molar-refractivity contribution in [1.82, 2.24) is 0 Å². The third-order valence-corrected chi connectivity index (χ3v) is 5.88. The fourth-order valence-corrected chi connectivity index (χ4v) is 3.71. The highest BCUT2D eigenvalue weighted by molar-refractivity contribution is 4.59. The molecular weight excluding hydrogens is 344 g/mol. The van der Waals surface area contributed by atoms with Gasteiger partial charge in [0, 0.05) is 13.2 Å². The van der Waals surface area contributed by atoms with Crippen LogP contribution in [0.1, 0.15) is 143 Å². The van der Waals surface area contributed by atoms with Crippen molar-refractivity contribution in [2.75, 3.05) is 13.2 Å².